The Labute approximate surface area is 323 Å². The summed E-state index contributed by atoms with van der Waals surface area (Å²) in [4.78, 5) is 15.4. The molecule has 0 unspecified atom stereocenters. The summed E-state index contributed by atoms with van der Waals surface area (Å²) in [6.45, 7) is 0. The van der Waals surface area contributed by atoms with Gasteiger partial charge < -0.3 is 9.13 Å². The van der Waals surface area contributed by atoms with E-state index in [1.54, 1.807) is 0 Å². The Balaban J connectivity index is 1.23. The second-order valence-electron chi connectivity index (χ2n) is 14.1. The average molecular weight is 716 g/mol. The van der Waals surface area contributed by atoms with Crippen LogP contribution in [0.4, 0.5) is 0 Å². The number of nitrogens with zero attached hydrogens (tertiary/aromatic N) is 5. The molecule has 0 atom stereocenters. The molecule has 0 bridgehead atoms. The molecule has 0 aliphatic carbocycles. The van der Waals surface area contributed by atoms with Crippen LogP contribution in [0.25, 0.3) is 100 Å². The maximum Gasteiger partial charge on any atom is 0.164 e. The van der Waals surface area contributed by atoms with E-state index in [-0.39, 0.29) is 0 Å². The summed E-state index contributed by atoms with van der Waals surface area (Å²) in [7, 11) is 0. The summed E-state index contributed by atoms with van der Waals surface area (Å²) in [6.07, 6.45) is 0. The van der Waals surface area contributed by atoms with Gasteiger partial charge in [-0.3, -0.25) is 0 Å². The molecular weight excluding hydrogens is 683 g/mol. The molecule has 0 saturated heterocycles. The summed E-state index contributed by atoms with van der Waals surface area (Å²) in [6, 6.07) is 70.4. The van der Waals surface area contributed by atoms with Crippen LogP contribution >= 0.6 is 0 Å². The van der Waals surface area contributed by atoms with Crippen molar-refractivity contribution in [1.29, 1.82) is 0 Å². The molecule has 0 fully saturated rings. The largest absolute Gasteiger partial charge is 0.309 e. The number of aromatic nitrogens is 5. The maximum atomic E-state index is 5.19. The molecule has 0 aliphatic rings. The van der Waals surface area contributed by atoms with Crippen LogP contribution in [-0.4, -0.2) is 24.1 Å². The predicted molar refractivity (Wildman–Crippen MR) is 230 cm³/mol. The average Bonchev–Trinajstić information content (AvgIpc) is 3.80. The molecule has 5 heteroatoms. The van der Waals surface area contributed by atoms with E-state index in [1.807, 2.05) is 36.4 Å². The highest BCUT2D eigenvalue weighted by atomic mass is 15.0. The number of para-hydroxylation sites is 4. The van der Waals surface area contributed by atoms with Crippen molar-refractivity contribution in [3.05, 3.63) is 200 Å². The van der Waals surface area contributed by atoms with Crippen molar-refractivity contribution >= 4 is 43.6 Å². The van der Waals surface area contributed by atoms with Crippen molar-refractivity contribution in [3.63, 3.8) is 0 Å². The van der Waals surface area contributed by atoms with Crippen molar-refractivity contribution in [2.45, 2.75) is 0 Å². The second kappa shape index (κ2) is 13.0. The summed E-state index contributed by atoms with van der Waals surface area (Å²) in [5, 5.41) is 4.78. The number of benzene rings is 8. The molecule has 11 aromatic rings. The van der Waals surface area contributed by atoms with E-state index < -0.39 is 0 Å². The van der Waals surface area contributed by atoms with E-state index >= 15 is 0 Å². The number of fused-ring (bicyclic) bond motifs is 6. The number of rotatable bonds is 6. The van der Waals surface area contributed by atoms with Gasteiger partial charge in [0, 0.05) is 49.6 Å². The molecule has 262 valence electrons. The van der Waals surface area contributed by atoms with Crippen molar-refractivity contribution in [1.82, 2.24) is 24.1 Å². The van der Waals surface area contributed by atoms with Crippen LogP contribution in [0.1, 0.15) is 0 Å². The first kappa shape index (κ1) is 31.9. The molecule has 56 heavy (non-hydrogen) atoms. The first-order valence-electron chi connectivity index (χ1n) is 18.9. The van der Waals surface area contributed by atoms with Gasteiger partial charge in [-0.15, -0.1) is 0 Å². The van der Waals surface area contributed by atoms with Crippen molar-refractivity contribution < 1.29 is 0 Å². The molecule has 0 radical (unpaired) electrons. The Morgan fingerprint density at radius 1 is 0.286 bits per heavy atom. The van der Waals surface area contributed by atoms with Gasteiger partial charge >= 0.3 is 0 Å². The van der Waals surface area contributed by atoms with E-state index in [9.17, 15) is 0 Å². The highest BCUT2D eigenvalue weighted by Gasteiger charge is 2.21. The minimum Gasteiger partial charge on any atom is -0.309 e. The van der Waals surface area contributed by atoms with Crippen molar-refractivity contribution in [2.24, 2.45) is 0 Å². The molecule has 3 aromatic heterocycles. The summed E-state index contributed by atoms with van der Waals surface area (Å²) in [5.41, 5.74) is 11.8. The van der Waals surface area contributed by atoms with Crippen LogP contribution < -0.4 is 0 Å². The molecule has 3 heterocycles. The van der Waals surface area contributed by atoms with Gasteiger partial charge in [-0.25, -0.2) is 15.0 Å². The fourth-order valence-electron chi connectivity index (χ4n) is 8.24. The quantitative estimate of drug-likeness (QED) is 0.172. The lowest BCUT2D eigenvalue weighted by atomic mass is 9.95. The van der Waals surface area contributed by atoms with Crippen LogP contribution in [0, 0.1) is 0 Å². The topological polar surface area (TPSA) is 48.5 Å². The van der Waals surface area contributed by atoms with Crippen LogP contribution in [0.2, 0.25) is 0 Å². The zero-order valence-corrected chi connectivity index (χ0v) is 30.3. The molecule has 0 saturated carbocycles. The lowest BCUT2D eigenvalue weighted by Crippen LogP contribution is -2.01. The van der Waals surface area contributed by atoms with E-state index in [1.165, 1.54) is 27.1 Å². The highest BCUT2D eigenvalue weighted by Crippen LogP contribution is 2.43. The number of hydrogen-bond acceptors (Lipinski definition) is 3. The highest BCUT2D eigenvalue weighted by molar-refractivity contribution is 6.18. The molecule has 0 amide bonds. The Hall–Kier alpha value is -7.63. The zero-order chi connectivity index (χ0) is 37.0. The molecular formula is C51H33N5. The van der Waals surface area contributed by atoms with Crippen LogP contribution in [0.5, 0.6) is 0 Å². The normalized spacial score (nSPS) is 11.6. The molecule has 0 spiro atoms. The van der Waals surface area contributed by atoms with Gasteiger partial charge in [0.05, 0.1) is 22.1 Å². The monoisotopic (exact) mass is 715 g/mol. The SMILES string of the molecule is c1ccc(-c2nc(-c3ccccc3)nc(-c3cc(-c4ccc5c(c4)c4ccccc4n5-c4ccccc4)c4c5ccccc5n(-c5ccccc5)c4c3)n2)cc1. The van der Waals surface area contributed by atoms with E-state index in [4.69, 9.17) is 15.0 Å². The first-order chi connectivity index (χ1) is 27.8. The fraction of sp³-hybridized carbons (Fsp3) is 0. The Morgan fingerprint density at radius 3 is 1.32 bits per heavy atom. The van der Waals surface area contributed by atoms with E-state index in [0.717, 1.165) is 55.7 Å². The summed E-state index contributed by atoms with van der Waals surface area (Å²) < 4.78 is 4.73. The van der Waals surface area contributed by atoms with Crippen LogP contribution in [-0.2, 0) is 0 Å². The smallest absolute Gasteiger partial charge is 0.164 e. The van der Waals surface area contributed by atoms with Gasteiger partial charge in [-0.1, -0.05) is 140 Å². The van der Waals surface area contributed by atoms with Crippen molar-refractivity contribution in [3.8, 4) is 56.7 Å². The third-order valence-electron chi connectivity index (χ3n) is 10.7. The predicted octanol–water partition coefficient (Wildman–Crippen LogP) is 12.7. The van der Waals surface area contributed by atoms with Gasteiger partial charge in [0.2, 0.25) is 0 Å². The van der Waals surface area contributed by atoms with Gasteiger partial charge in [0.15, 0.2) is 17.5 Å². The van der Waals surface area contributed by atoms with E-state index in [2.05, 4.69) is 173 Å². The lowest BCUT2D eigenvalue weighted by molar-refractivity contribution is 1.07. The lowest BCUT2D eigenvalue weighted by Gasteiger charge is -2.13. The van der Waals surface area contributed by atoms with Crippen LogP contribution in [0.3, 0.4) is 0 Å². The zero-order valence-electron chi connectivity index (χ0n) is 30.3. The third kappa shape index (κ3) is 5.21. The van der Waals surface area contributed by atoms with Gasteiger partial charge in [-0.2, -0.15) is 0 Å². The molecule has 5 nitrogen and oxygen atoms in total. The maximum absolute atomic E-state index is 5.19. The minimum absolute atomic E-state index is 0.618. The second-order valence-corrected chi connectivity index (χ2v) is 14.1. The van der Waals surface area contributed by atoms with Crippen molar-refractivity contribution in [2.75, 3.05) is 0 Å². The Bertz CT molecular complexity index is 3160. The van der Waals surface area contributed by atoms with E-state index in [0.29, 0.717) is 17.5 Å². The molecule has 0 N–H and O–H groups in total. The van der Waals surface area contributed by atoms with Crippen LogP contribution in [0.15, 0.2) is 200 Å². The summed E-state index contributed by atoms with van der Waals surface area (Å²) in [5.74, 6) is 1.89. The molecule has 8 aromatic carbocycles. The Kier molecular flexibility index (Phi) is 7.42. The minimum atomic E-state index is 0.618. The standard InChI is InChI=1S/C51H33N5/c1-5-17-34(18-6-1)49-52-50(35-19-7-2-8-20-35)54-51(53-49)37-32-42(48-41-26-14-16-28-45(41)56(47(48)33-37)39-23-11-4-12-24-39)36-29-30-46-43(31-36)40-25-13-15-27-44(40)55(46)38-21-9-3-10-22-38/h1-33H. The fourth-order valence-corrected chi connectivity index (χ4v) is 8.24. The van der Waals surface area contributed by atoms with Gasteiger partial charge in [0.1, 0.15) is 0 Å². The Morgan fingerprint density at radius 2 is 0.732 bits per heavy atom. The molecule has 11 rings (SSSR count). The molecule has 0 aliphatic heterocycles. The summed E-state index contributed by atoms with van der Waals surface area (Å²) >= 11 is 0. The third-order valence-corrected chi connectivity index (χ3v) is 10.7. The van der Waals surface area contributed by atoms with Gasteiger partial charge in [0.25, 0.3) is 0 Å². The number of hydrogen-bond donors (Lipinski definition) is 0. The first-order valence-corrected chi connectivity index (χ1v) is 18.9. The van der Waals surface area contributed by atoms with Gasteiger partial charge in [-0.05, 0) is 71.8 Å².